The molecule has 10 rings (SSSR count). The van der Waals surface area contributed by atoms with Crippen LogP contribution in [0.4, 0.5) is 5.69 Å². The maximum absolute atomic E-state index is 7.74. The quantitative estimate of drug-likeness (QED) is 0.137. The van der Waals surface area contributed by atoms with Crippen molar-refractivity contribution < 1.29 is 0 Å². The molecule has 0 radical (unpaired) electrons. The highest BCUT2D eigenvalue weighted by Gasteiger charge is 2.18. The molecule has 0 saturated heterocycles. The molecule has 0 aliphatic heterocycles. The van der Waals surface area contributed by atoms with E-state index in [0.717, 1.165) is 33.1 Å². The first-order valence-corrected chi connectivity index (χ1v) is 16.6. The van der Waals surface area contributed by atoms with Crippen molar-refractivity contribution in [2.24, 2.45) is 0 Å². The predicted octanol–water partition coefficient (Wildman–Crippen LogP) is 13.3. The maximum atomic E-state index is 7.74. The molecule has 0 spiro atoms. The first-order valence-electron chi connectivity index (χ1n) is 16.6. The number of hydrogen-bond acceptors (Lipinski definition) is 0. The van der Waals surface area contributed by atoms with E-state index in [0.29, 0.717) is 5.69 Å². The van der Waals surface area contributed by atoms with Gasteiger partial charge in [-0.05, 0) is 119 Å². The minimum Gasteiger partial charge on any atom is -0.309 e. The van der Waals surface area contributed by atoms with Gasteiger partial charge in [-0.15, -0.1) is 0 Å². The molecular formula is C47H28N2. The van der Waals surface area contributed by atoms with E-state index in [1.807, 2.05) is 18.2 Å². The summed E-state index contributed by atoms with van der Waals surface area (Å²) >= 11 is 0. The van der Waals surface area contributed by atoms with Gasteiger partial charge in [0.1, 0.15) is 0 Å². The summed E-state index contributed by atoms with van der Waals surface area (Å²) in [6.07, 6.45) is 0. The second kappa shape index (κ2) is 10.7. The van der Waals surface area contributed by atoms with E-state index < -0.39 is 0 Å². The topological polar surface area (TPSA) is 9.29 Å². The smallest absolute Gasteiger partial charge is 0.188 e. The number of hydrogen-bond donors (Lipinski definition) is 0. The fourth-order valence-electron chi connectivity index (χ4n) is 7.98. The molecule has 10 aromatic rings. The molecule has 0 aliphatic carbocycles. The summed E-state index contributed by atoms with van der Waals surface area (Å²) in [5.41, 5.74) is 8.85. The molecule has 9 aromatic carbocycles. The van der Waals surface area contributed by atoms with Crippen molar-refractivity contribution >= 4 is 70.6 Å². The van der Waals surface area contributed by atoms with Gasteiger partial charge in [0.05, 0.1) is 17.6 Å². The van der Waals surface area contributed by atoms with E-state index in [1.54, 1.807) is 0 Å². The molecule has 0 aliphatic rings. The summed E-state index contributed by atoms with van der Waals surface area (Å²) in [5, 5.41) is 12.2. The Balaban J connectivity index is 1.28. The Bertz CT molecular complexity index is 2990. The van der Waals surface area contributed by atoms with E-state index in [-0.39, 0.29) is 0 Å². The minimum absolute atomic E-state index is 0.648. The van der Waals surface area contributed by atoms with Crippen LogP contribution in [0.15, 0.2) is 170 Å². The van der Waals surface area contributed by atoms with Gasteiger partial charge in [0, 0.05) is 11.1 Å². The molecule has 2 heteroatoms. The number of fused-ring (bicyclic) bond motifs is 9. The van der Waals surface area contributed by atoms with Crippen molar-refractivity contribution in [3.8, 4) is 27.9 Å². The summed E-state index contributed by atoms with van der Waals surface area (Å²) in [4.78, 5) is 3.78. The molecule has 0 N–H and O–H groups in total. The van der Waals surface area contributed by atoms with Crippen molar-refractivity contribution in [3.05, 3.63) is 181 Å². The molecule has 0 amide bonds. The van der Waals surface area contributed by atoms with E-state index in [1.165, 1.54) is 59.8 Å². The molecule has 49 heavy (non-hydrogen) atoms. The van der Waals surface area contributed by atoms with E-state index >= 15 is 0 Å². The summed E-state index contributed by atoms with van der Waals surface area (Å²) < 4.78 is 2.31. The third-order valence-electron chi connectivity index (χ3n) is 10.2. The first-order chi connectivity index (χ1) is 24.3. The second-order valence-electron chi connectivity index (χ2n) is 12.8. The standard InChI is InChI=1S/C47H28N2/c1-48-32-23-25-47-45(27-32)44-26-31(22-24-46(44)49(47)33-14-3-2-4-15-33)40-28-42-39-20-10-9-19-38(39)41(29-43(42)37-18-8-7-17-36(37)40)35-21-11-13-30-12-5-6-16-34(30)35/h2-29H. The van der Waals surface area contributed by atoms with Crippen molar-refractivity contribution in [2.45, 2.75) is 0 Å². The fraction of sp³-hybridized carbons (Fsp3) is 0. The Labute approximate surface area is 283 Å². The first kappa shape index (κ1) is 27.4. The van der Waals surface area contributed by atoms with Crippen LogP contribution in [-0.4, -0.2) is 4.57 Å². The van der Waals surface area contributed by atoms with Crippen LogP contribution >= 0.6 is 0 Å². The zero-order valence-electron chi connectivity index (χ0n) is 26.6. The lowest BCUT2D eigenvalue weighted by molar-refractivity contribution is 1.18. The highest BCUT2D eigenvalue weighted by molar-refractivity contribution is 6.25. The lowest BCUT2D eigenvalue weighted by Gasteiger charge is -2.17. The second-order valence-corrected chi connectivity index (χ2v) is 12.8. The highest BCUT2D eigenvalue weighted by Crippen LogP contribution is 2.44. The van der Waals surface area contributed by atoms with Gasteiger partial charge in [0.2, 0.25) is 0 Å². The van der Waals surface area contributed by atoms with Gasteiger partial charge in [-0.25, -0.2) is 4.85 Å². The number of aromatic nitrogens is 1. The largest absolute Gasteiger partial charge is 0.309 e. The molecule has 0 atom stereocenters. The van der Waals surface area contributed by atoms with Gasteiger partial charge in [-0.1, -0.05) is 121 Å². The molecule has 2 nitrogen and oxygen atoms in total. The Morgan fingerprint density at radius 1 is 0.367 bits per heavy atom. The summed E-state index contributed by atoms with van der Waals surface area (Å²) in [7, 11) is 0. The highest BCUT2D eigenvalue weighted by atomic mass is 15.0. The van der Waals surface area contributed by atoms with Crippen LogP contribution in [0.25, 0.3) is 97.7 Å². The average Bonchev–Trinajstić information content (AvgIpc) is 3.50. The van der Waals surface area contributed by atoms with Gasteiger partial charge < -0.3 is 4.57 Å². The van der Waals surface area contributed by atoms with Crippen LogP contribution in [-0.2, 0) is 0 Å². The normalized spacial score (nSPS) is 11.7. The Morgan fingerprint density at radius 2 is 0.939 bits per heavy atom. The van der Waals surface area contributed by atoms with Crippen LogP contribution in [0.1, 0.15) is 0 Å². The van der Waals surface area contributed by atoms with Gasteiger partial charge in [-0.2, -0.15) is 0 Å². The molecule has 0 unspecified atom stereocenters. The monoisotopic (exact) mass is 620 g/mol. The van der Waals surface area contributed by atoms with Gasteiger partial charge in [-0.3, -0.25) is 0 Å². The summed E-state index contributed by atoms with van der Waals surface area (Å²) in [6.45, 7) is 7.74. The van der Waals surface area contributed by atoms with Crippen LogP contribution in [0.5, 0.6) is 0 Å². The molecule has 1 aromatic heterocycles. The molecule has 0 fully saturated rings. The van der Waals surface area contributed by atoms with Crippen molar-refractivity contribution in [1.29, 1.82) is 0 Å². The van der Waals surface area contributed by atoms with Crippen LogP contribution in [0, 0.1) is 6.57 Å². The minimum atomic E-state index is 0.648. The van der Waals surface area contributed by atoms with Gasteiger partial charge in [0.25, 0.3) is 0 Å². The Hall–Kier alpha value is -6.69. The van der Waals surface area contributed by atoms with Crippen LogP contribution in [0.3, 0.4) is 0 Å². The third-order valence-corrected chi connectivity index (χ3v) is 10.2. The number of nitrogens with zero attached hydrogens (tertiary/aromatic N) is 2. The van der Waals surface area contributed by atoms with E-state index in [2.05, 4.69) is 161 Å². The number of rotatable bonds is 3. The zero-order chi connectivity index (χ0) is 32.5. The Morgan fingerprint density at radius 3 is 1.67 bits per heavy atom. The van der Waals surface area contributed by atoms with E-state index in [4.69, 9.17) is 6.57 Å². The predicted molar refractivity (Wildman–Crippen MR) is 208 cm³/mol. The van der Waals surface area contributed by atoms with Crippen molar-refractivity contribution in [3.63, 3.8) is 0 Å². The summed E-state index contributed by atoms with van der Waals surface area (Å²) in [5.74, 6) is 0. The SMILES string of the molecule is [C-]#[N+]c1ccc2c(c1)c1cc(-c3cc4c5ccccc5c(-c5cccc6ccccc56)cc4c4ccccc34)ccc1n2-c1ccccc1. The Kier molecular flexibility index (Phi) is 5.97. The average molecular weight is 621 g/mol. The maximum Gasteiger partial charge on any atom is 0.188 e. The lowest BCUT2D eigenvalue weighted by atomic mass is 9.86. The summed E-state index contributed by atoms with van der Waals surface area (Å²) in [6, 6.07) is 61.1. The van der Waals surface area contributed by atoms with Crippen LogP contribution in [0.2, 0.25) is 0 Å². The number of para-hydroxylation sites is 1. The van der Waals surface area contributed by atoms with Crippen molar-refractivity contribution in [2.75, 3.05) is 0 Å². The van der Waals surface area contributed by atoms with Crippen molar-refractivity contribution in [1.82, 2.24) is 4.57 Å². The van der Waals surface area contributed by atoms with Gasteiger partial charge >= 0.3 is 0 Å². The number of benzene rings is 9. The lowest BCUT2D eigenvalue weighted by Crippen LogP contribution is -1.93. The van der Waals surface area contributed by atoms with Crippen LogP contribution < -0.4 is 0 Å². The fourth-order valence-corrected chi connectivity index (χ4v) is 7.98. The molecule has 226 valence electrons. The van der Waals surface area contributed by atoms with Gasteiger partial charge in [0.15, 0.2) is 5.69 Å². The third kappa shape index (κ3) is 4.13. The molecule has 1 heterocycles. The molecule has 0 bridgehead atoms. The zero-order valence-corrected chi connectivity index (χ0v) is 26.6. The van der Waals surface area contributed by atoms with E-state index in [9.17, 15) is 0 Å². The molecule has 0 saturated carbocycles. The molecular weight excluding hydrogens is 593 g/mol.